The Morgan fingerprint density at radius 1 is 1.04 bits per heavy atom. The second-order valence-corrected chi connectivity index (χ2v) is 16.0. The van der Waals surface area contributed by atoms with Gasteiger partial charge in [0.15, 0.2) is 23.7 Å². The van der Waals surface area contributed by atoms with Crippen LogP contribution in [-0.4, -0.2) is 106 Å². The highest BCUT2D eigenvalue weighted by atomic mass is 16.6. The van der Waals surface area contributed by atoms with Crippen LogP contribution in [0.3, 0.4) is 0 Å². The van der Waals surface area contributed by atoms with E-state index in [-0.39, 0.29) is 55.5 Å². The van der Waals surface area contributed by atoms with Crippen LogP contribution >= 0.6 is 0 Å². The summed E-state index contributed by atoms with van der Waals surface area (Å²) in [6.45, 7) is 12.0. The first-order chi connectivity index (χ1) is 24.1. The van der Waals surface area contributed by atoms with Crippen molar-refractivity contribution < 1.29 is 57.9 Å². The van der Waals surface area contributed by atoms with Crippen LogP contribution in [0.15, 0.2) is 24.0 Å². The van der Waals surface area contributed by atoms with Crippen molar-refractivity contribution in [1.82, 2.24) is 15.5 Å². The monoisotopic (exact) mass is 729 g/mol. The van der Waals surface area contributed by atoms with E-state index >= 15 is 0 Å². The predicted octanol–water partition coefficient (Wildman–Crippen LogP) is 2.67. The number of amides is 2. The number of phenols is 1. The van der Waals surface area contributed by atoms with Gasteiger partial charge in [0.1, 0.15) is 23.0 Å². The number of likely N-dealkylation sites (N-methyl/N-ethyl adjacent to an activating group) is 1. The van der Waals surface area contributed by atoms with Gasteiger partial charge in [-0.3, -0.25) is 14.4 Å². The molecule has 2 aliphatic heterocycles. The topological polar surface area (TPSA) is 199 Å². The standard InChI is InChI=1S/C37H51N3O12/c1-20(48-26(42)14-17-38-31(44)22(39-33(46)52-35(5,6)7)10-12-27(43)51-34(2,3)4)32(45)49-24-13-15-37(47)25-19-21-9-11-23(41)29-28(21)36(37,30(24)50-29)16-18-40(25)8/h9,11,13,20,22,25,30,41,47H,10,12,14-19H2,1-8H3,(H,38,44)(H,39,46)/t20?,22?,25-,30+,36+,37-/m1/s1. The number of aliphatic hydroxyl groups is 1. The molecule has 1 aromatic rings. The second kappa shape index (κ2) is 14.2. The molecule has 15 nitrogen and oxygen atoms in total. The summed E-state index contributed by atoms with van der Waals surface area (Å²) in [5, 5.41) is 28.0. The Bertz CT molecular complexity index is 1640. The Balaban J connectivity index is 1.17. The van der Waals surface area contributed by atoms with Gasteiger partial charge in [-0.25, -0.2) is 9.59 Å². The number of carbonyl (C=O) groups excluding carboxylic acids is 5. The molecule has 5 rings (SSSR count). The zero-order valence-corrected chi connectivity index (χ0v) is 31.1. The van der Waals surface area contributed by atoms with Crippen molar-refractivity contribution in [3.05, 3.63) is 35.1 Å². The number of aromatic hydroxyl groups is 1. The summed E-state index contributed by atoms with van der Waals surface area (Å²) in [7, 11) is 1.97. The molecule has 2 bridgehead atoms. The first-order valence-electron chi connectivity index (χ1n) is 17.7. The first-order valence-corrected chi connectivity index (χ1v) is 17.7. The lowest BCUT2D eigenvalue weighted by atomic mass is 9.50. The third-order valence-corrected chi connectivity index (χ3v) is 9.90. The highest BCUT2D eigenvalue weighted by Crippen LogP contribution is 2.65. The lowest BCUT2D eigenvalue weighted by Gasteiger charge is -2.61. The summed E-state index contributed by atoms with van der Waals surface area (Å²) < 4.78 is 28.0. The smallest absolute Gasteiger partial charge is 0.408 e. The fourth-order valence-electron chi connectivity index (χ4n) is 7.73. The molecule has 6 atom stereocenters. The van der Waals surface area contributed by atoms with E-state index in [1.165, 1.54) is 6.92 Å². The van der Waals surface area contributed by atoms with Gasteiger partial charge in [-0.05, 0) is 99.0 Å². The molecule has 0 aromatic heterocycles. The minimum Gasteiger partial charge on any atom is -0.504 e. The van der Waals surface area contributed by atoms with E-state index in [1.54, 1.807) is 53.7 Å². The van der Waals surface area contributed by atoms with Crippen LogP contribution in [0, 0.1) is 0 Å². The van der Waals surface area contributed by atoms with Crippen molar-refractivity contribution in [2.75, 3.05) is 20.1 Å². The number of alkyl carbamates (subject to hydrolysis) is 1. The number of likely N-dealkylation sites (tertiary alicyclic amines) is 1. The number of phenolic OH excluding ortho intramolecular Hbond substituents is 1. The number of carbonyl (C=O) groups is 5. The van der Waals surface area contributed by atoms with Crippen LogP contribution in [0.1, 0.15) is 91.7 Å². The highest BCUT2D eigenvalue weighted by molar-refractivity contribution is 5.87. The largest absolute Gasteiger partial charge is 0.504 e. The lowest BCUT2D eigenvalue weighted by molar-refractivity contribution is -0.175. The SMILES string of the molecule is CC(OC(=O)CCNC(=O)C(CCC(=O)OC(C)(C)C)NC(=O)OC(C)(C)C)C(=O)OC1=CC[C@@]2(O)[C@H]3Cc4ccc(O)c5c4[C@@]2(CCN3C)[C@H]1O5. The highest BCUT2D eigenvalue weighted by Gasteiger charge is 2.72. The fraction of sp³-hybridized carbons (Fsp3) is 0.649. The number of rotatable bonds is 11. The maximum Gasteiger partial charge on any atom is 0.408 e. The molecule has 15 heteroatoms. The van der Waals surface area contributed by atoms with Crippen molar-refractivity contribution in [3.63, 3.8) is 0 Å². The van der Waals surface area contributed by atoms with E-state index in [0.29, 0.717) is 19.4 Å². The Morgan fingerprint density at radius 2 is 1.73 bits per heavy atom. The van der Waals surface area contributed by atoms with E-state index in [4.69, 9.17) is 23.7 Å². The molecule has 52 heavy (non-hydrogen) atoms. The molecule has 0 saturated carbocycles. The molecule has 2 unspecified atom stereocenters. The van der Waals surface area contributed by atoms with Gasteiger partial charge in [-0.1, -0.05) is 6.07 Å². The summed E-state index contributed by atoms with van der Waals surface area (Å²) in [5.74, 6) is -2.49. The van der Waals surface area contributed by atoms with Crippen molar-refractivity contribution >= 4 is 29.9 Å². The van der Waals surface area contributed by atoms with Gasteiger partial charge in [0.05, 0.1) is 17.4 Å². The van der Waals surface area contributed by atoms with E-state index < -0.39 is 70.4 Å². The normalized spacial score (nSPS) is 25.7. The predicted molar refractivity (Wildman–Crippen MR) is 184 cm³/mol. The van der Waals surface area contributed by atoms with Gasteiger partial charge in [-0.2, -0.15) is 0 Å². The number of benzene rings is 1. The molecule has 1 spiro atoms. The maximum atomic E-state index is 13.3. The first kappa shape index (κ1) is 38.9. The van der Waals surface area contributed by atoms with Crippen LogP contribution in [0.5, 0.6) is 11.5 Å². The van der Waals surface area contributed by atoms with E-state index in [0.717, 1.165) is 11.1 Å². The summed E-state index contributed by atoms with van der Waals surface area (Å²) in [6.07, 6.45) is -0.731. The van der Waals surface area contributed by atoms with Crippen LogP contribution in [0.25, 0.3) is 0 Å². The van der Waals surface area contributed by atoms with Gasteiger partial charge in [-0.15, -0.1) is 0 Å². The number of hydrogen-bond acceptors (Lipinski definition) is 13. The summed E-state index contributed by atoms with van der Waals surface area (Å²) >= 11 is 0. The molecule has 1 fully saturated rings. The zero-order valence-electron chi connectivity index (χ0n) is 31.1. The summed E-state index contributed by atoms with van der Waals surface area (Å²) in [6, 6.07) is 2.05. The quantitative estimate of drug-likeness (QED) is 0.192. The Labute approximate surface area is 303 Å². The number of hydrogen-bond donors (Lipinski definition) is 4. The fourth-order valence-corrected chi connectivity index (χ4v) is 7.73. The number of ether oxygens (including phenoxy) is 5. The number of piperidine rings is 1. The molecule has 1 saturated heterocycles. The third-order valence-electron chi connectivity index (χ3n) is 9.90. The average molecular weight is 730 g/mol. The van der Waals surface area contributed by atoms with Crippen molar-refractivity contribution in [2.45, 2.75) is 134 Å². The van der Waals surface area contributed by atoms with Crippen LogP contribution < -0.4 is 15.4 Å². The molecule has 1 aromatic carbocycles. The van der Waals surface area contributed by atoms with Crippen LogP contribution in [0.4, 0.5) is 4.79 Å². The van der Waals surface area contributed by atoms with E-state index in [1.807, 2.05) is 13.1 Å². The summed E-state index contributed by atoms with van der Waals surface area (Å²) in [4.78, 5) is 65.8. The lowest BCUT2D eigenvalue weighted by Crippen LogP contribution is -2.74. The molecule has 2 aliphatic carbocycles. The Kier molecular flexibility index (Phi) is 10.6. The van der Waals surface area contributed by atoms with E-state index in [9.17, 15) is 34.2 Å². The molecule has 2 heterocycles. The number of nitrogens with one attached hydrogen (secondary N) is 2. The average Bonchev–Trinajstić information content (AvgIpc) is 3.38. The van der Waals surface area contributed by atoms with Crippen molar-refractivity contribution in [1.29, 1.82) is 0 Å². The molecule has 286 valence electrons. The molecule has 0 radical (unpaired) electrons. The molecular formula is C37H51N3O12. The van der Waals surface area contributed by atoms with Crippen LogP contribution in [-0.2, 0) is 50.0 Å². The molecule has 2 amide bonds. The van der Waals surface area contributed by atoms with Gasteiger partial charge in [0, 0.05) is 31.0 Å². The van der Waals surface area contributed by atoms with Crippen LogP contribution in [0.2, 0.25) is 0 Å². The molecular weight excluding hydrogens is 678 g/mol. The van der Waals surface area contributed by atoms with Gasteiger partial charge in [0.25, 0.3) is 0 Å². The molecule has 4 N–H and O–H groups in total. The summed E-state index contributed by atoms with van der Waals surface area (Å²) in [5.41, 5.74) is -2.02. The maximum absolute atomic E-state index is 13.3. The number of nitrogens with zero attached hydrogens (tertiary/aromatic N) is 1. The van der Waals surface area contributed by atoms with Crippen molar-refractivity contribution in [3.8, 4) is 11.5 Å². The molecule has 4 aliphatic rings. The second-order valence-electron chi connectivity index (χ2n) is 16.0. The van der Waals surface area contributed by atoms with Gasteiger partial charge >= 0.3 is 24.0 Å². The minimum absolute atomic E-state index is 0.0581. The zero-order chi connectivity index (χ0) is 38.4. The van der Waals surface area contributed by atoms with Crippen molar-refractivity contribution in [2.24, 2.45) is 0 Å². The van der Waals surface area contributed by atoms with E-state index in [2.05, 4.69) is 15.5 Å². The Hall–Kier alpha value is -4.37. The van der Waals surface area contributed by atoms with Gasteiger partial charge < -0.3 is 49.4 Å². The third kappa shape index (κ3) is 7.70. The van der Waals surface area contributed by atoms with Gasteiger partial charge in [0.2, 0.25) is 5.91 Å². The number of esters is 3. The minimum atomic E-state index is -1.33. The Morgan fingerprint density at radius 3 is 2.40 bits per heavy atom.